The van der Waals surface area contributed by atoms with Crippen molar-refractivity contribution in [3.63, 3.8) is 0 Å². The maximum absolute atomic E-state index is 13.3. The predicted octanol–water partition coefficient (Wildman–Crippen LogP) is 3.75. The average molecular weight is 357 g/mol. The van der Waals surface area contributed by atoms with Gasteiger partial charge in [-0.15, -0.1) is 0 Å². The first kappa shape index (κ1) is 18.6. The SMILES string of the molecule is COc1ccc(NC(=O)c2cnn(C(C)C)c2C(F)(F)F)cc1OC. The molecule has 136 valence electrons. The minimum Gasteiger partial charge on any atom is -0.493 e. The van der Waals surface area contributed by atoms with Crippen molar-refractivity contribution >= 4 is 11.6 Å². The Balaban J connectivity index is 2.36. The Morgan fingerprint density at radius 1 is 1.20 bits per heavy atom. The molecule has 0 saturated heterocycles. The van der Waals surface area contributed by atoms with Gasteiger partial charge < -0.3 is 14.8 Å². The van der Waals surface area contributed by atoms with Crippen LogP contribution in [-0.4, -0.2) is 29.9 Å². The summed E-state index contributed by atoms with van der Waals surface area (Å²) in [7, 11) is 2.86. The van der Waals surface area contributed by atoms with Crippen molar-refractivity contribution in [2.75, 3.05) is 19.5 Å². The van der Waals surface area contributed by atoms with Crippen LogP contribution in [0.2, 0.25) is 0 Å². The van der Waals surface area contributed by atoms with E-state index in [1.165, 1.54) is 32.4 Å². The number of hydrogen-bond acceptors (Lipinski definition) is 4. The fourth-order valence-corrected chi connectivity index (χ4v) is 2.31. The molecule has 0 atom stereocenters. The van der Waals surface area contributed by atoms with Crippen LogP contribution in [0.15, 0.2) is 24.4 Å². The van der Waals surface area contributed by atoms with Gasteiger partial charge in [0.2, 0.25) is 0 Å². The number of nitrogens with zero attached hydrogens (tertiary/aromatic N) is 2. The smallest absolute Gasteiger partial charge is 0.433 e. The van der Waals surface area contributed by atoms with Crippen molar-refractivity contribution in [2.45, 2.75) is 26.1 Å². The predicted molar refractivity (Wildman–Crippen MR) is 85.1 cm³/mol. The van der Waals surface area contributed by atoms with E-state index in [2.05, 4.69) is 10.4 Å². The molecule has 0 saturated carbocycles. The van der Waals surface area contributed by atoms with Gasteiger partial charge in [0.05, 0.1) is 26.0 Å². The first-order chi connectivity index (χ1) is 11.7. The summed E-state index contributed by atoms with van der Waals surface area (Å²) >= 11 is 0. The van der Waals surface area contributed by atoms with Gasteiger partial charge in [-0.25, -0.2) is 0 Å². The third-order valence-corrected chi connectivity index (χ3v) is 3.44. The van der Waals surface area contributed by atoms with Crippen LogP contribution in [0.5, 0.6) is 11.5 Å². The molecular formula is C16H18F3N3O3. The Labute approximate surface area is 142 Å². The quantitative estimate of drug-likeness (QED) is 0.885. The number of rotatable bonds is 5. The maximum atomic E-state index is 13.3. The lowest BCUT2D eigenvalue weighted by Crippen LogP contribution is -2.22. The number of anilines is 1. The number of carbonyl (C=O) groups is 1. The second-order valence-electron chi connectivity index (χ2n) is 5.47. The van der Waals surface area contributed by atoms with E-state index in [9.17, 15) is 18.0 Å². The number of amides is 1. The van der Waals surface area contributed by atoms with Crippen molar-refractivity contribution < 1.29 is 27.4 Å². The maximum Gasteiger partial charge on any atom is 0.433 e. The number of ether oxygens (including phenoxy) is 2. The van der Waals surface area contributed by atoms with Gasteiger partial charge in [-0.1, -0.05) is 0 Å². The minimum absolute atomic E-state index is 0.271. The molecule has 1 amide bonds. The lowest BCUT2D eigenvalue weighted by atomic mass is 10.2. The molecule has 0 aliphatic rings. The van der Waals surface area contributed by atoms with E-state index in [0.29, 0.717) is 11.5 Å². The Morgan fingerprint density at radius 3 is 2.36 bits per heavy atom. The second kappa shape index (κ2) is 7.04. The fraction of sp³-hybridized carbons (Fsp3) is 0.375. The number of carbonyl (C=O) groups excluding carboxylic acids is 1. The Morgan fingerprint density at radius 2 is 1.84 bits per heavy atom. The third kappa shape index (κ3) is 3.86. The summed E-state index contributed by atoms with van der Waals surface area (Å²) in [5, 5.41) is 6.12. The third-order valence-electron chi connectivity index (χ3n) is 3.44. The van der Waals surface area contributed by atoms with Gasteiger partial charge in [0.15, 0.2) is 17.2 Å². The highest BCUT2D eigenvalue weighted by Crippen LogP contribution is 2.34. The molecule has 0 bridgehead atoms. The molecule has 2 rings (SSSR count). The van der Waals surface area contributed by atoms with Crippen LogP contribution in [0.3, 0.4) is 0 Å². The summed E-state index contributed by atoms with van der Waals surface area (Å²) in [4.78, 5) is 12.3. The van der Waals surface area contributed by atoms with Gasteiger partial charge in [-0.05, 0) is 26.0 Å². The number of methoxy groups -OCH3 is 2. The van der Waals surface area contributed by atoms with Gasteiger partial charge >= 0.3 is 6.18 Å². The molecule has 1 aromatic heterocycles. The minimum atomic E-state index is -4.70. The molecule has 1 aromatic carbocycles. The van der Waals surface area contributed by atoms with Crippen molar-refractivity contribution in [3.05, 3.63) is 35.7 Å². The zero-order chi connectivity index (χ0) is 18.8. The first-order valence-corrected chi connectivity index (χ1v) is 7.37. The van der Waals surface area contributed by atoms with Crippen LogP contribution in [0, 0.1) is 0 Å². The Bertz CT molecular complexity index is 770. The summed E-state index contributed by atoms with van der Waals surface area (Å²) in [6, 6.07) is 3.95. The van der Waals surface area contributed by atoms with E-state index in [-0.39, 0.29) is 5.69 Å². The van der Waals surface area contributed by atoms with Crippen molar-refractivity contribution in [1.82, 2.24) is 9.78 Å². The van der Waals surface area contributed by atoms with Crippen molar-refractivity contribution in [2.24, 2.45) is 0 Å². The van der Waals surface area contributed by atoms with Gasteiger partial charge in [0.25, 0.3) is 5.91 Å². The van der Waals surface area contributed by atoms with Crippen LogP contribution >= 0.6 is 0 Å². The summed E-state index contributed by atoms with van der Waals surface area (Å²) in [6.45, 7) is 3.11. The normalized spacial score (nSPS) is 11.5. The average Bonchev–Trinajstić information content (AvgIpc) is 3.00. The molecule has 0 unspecified atom stereocenters. The number of aromatic nitrogens is 2. The number of benzene rings is 1. The lowest BCUT2D eigenvalue weighted by Gasteiger charge is -2.15. The molecule has 9 heteroatoms. The number of halogens is 3. The standard InChI is InChI=1S/C16H18F3N3O3/c1-9(2)22-14(16(17,18)19)11(8-20-22)15(23)21-10-5-6-12(24-3)13(7-10)25-4/h5-9H,1-4H3,(H,21,23). The second-order valence-corrected chi connectivity index (χ2v) is 5.47. The Hall–Kier alpha value is -2.71. The van der Waals surface area contributed by atoms with Gasteiger partial charge in [-0.2, -0.15) is 18.3 Å². The van der Waals surface area contributed by atoms with E-state index in [4.69, 9.17) is 9.47 Å². The van der Waals surface area contributed by atoms with Crippen molar-refractivity contribution in [1.29, 1.82) is 0 Å². The molecule has 25 heavy (non-hydrogen) atoms. The van der Waals surface area contributed by atoms with Gasteiger partial charge in [0.1, 0.15) is 0 Å². The number of alkyl halides is 3. The zero-order valence-corrected chi connectivity index (χ0v) is 14.1. The van der Waals surface area contributed by atoms with E-state index in [1.54, 1.807) is 13.8 Å². The molecule has 1 heterocycles. The molecule has 0 radical (unpaired) electrons. The van der Waals surface area contributed by atoms with Crippen LogP contribution in [0.25, 0.3) is 0 Å². The molecular weight excluding hydrogens is 339 g/mol. The van der Waals surface area contributed by atoms with Crippen molar-refractivity contribution in [3.8, 4) is 11.5 Å². The van der Waals surface area contributed by atoms with Crippen LogP contribution in [0.1, 0.15) is 35.9 Å². The lowest BCUT2D eigenvalue weighted by molar-refractivity contribution is -0.145. The molecule has 0 fully saturated rings. The topological polar surface area (TPSA) is 65.4 Å². The van der Waals surface area contributed by atoms with E-state index in [0.717, 1.165) is 10.9 Å². The van der Waals surface area contributed by atoms with Crippen LogP contribution < -0.4 is 14.8 Å². The molecule has 0 spiro atoms. The Kier molecular flexibility index (Phi) is 5.24. The highest BCUT2D eigenvalue weighted by Gasteiger charge is 2.40. The largest absolute Gasteiger partial charge is 0.493 e. The summed E-state index contributed by atoms with van der Waals surface area (Å²) in [5.41, 5.74) is -1.36. The summed E-state index contributed by atoms with van der Waals surface area (Å²) < 4.78 is 51.0. The van der Waals surface area contributed by atoms with Gasteiger partial charge in [-0.3, -0.25) is 9.48 Å². The van der Waals surface area contributed by atoms with E-state index >= 15 is 0 Å². The molecule has 0 aliphatic heterocycles. The highest BCUT2D eigenvalue weighted by atomic mass is 19.4. The molecule has 0 aliphatic carbocycles. The first-order valence-electron chi connectivity index (χ1n) is 7.37. The van der Waals surface area contributed by atoms with E-state index < -0.39 is 29.4 Å². The number of hydrogen-bond donors (Lipinski definition) is 1. The van der Waals surface area contributed by atoms with Crippen LogP contribution in [-0.2, 0) is 6.18 Å². The molecule has 6 nitrogen and oxygen atoms in total. The summed E-state index contributed by atoms with van der Waals surface area (Å²) in [6.07, 6.45) is -3.79. The molecule has 1 N–H and O–H groups in total. The van der Waals surface area contributed by atoms with E-state index in [1.807, 2.05) is 0 Å². The molecule has 2 aromatic rings. The number of nitrogens with one attached hydrogen (secondary N) is 1. The zero-order valence-electron chi connectivity index (χ0n) is 14.1. The fourth-order valence-electron chi connectivity index (χ4n) is 2.31. The van der Waals surface area contributed by atoms with Crippen LogP contribution in [0.4, 0.5) is 18.9 Å². The monoisotopic (exact) mass is 357 g/mol. The van der Waals surface area contributed by atoms with Gasteiger partial charge in [0, 0.05) is 17.8 Å². The highest BCUT2D eigenvalue weighted by molar-refractivity contribution is 6.05. The summed E-state index contributed by atoms with van der Waals surface area (Å²) in [5.74, 6) is -0.134.